The van der Waals surface area contributed by atoms with E-state index in [1.165, 1.54) is 6.08 Å². The van der Waals surface area contributed by atoms with Crippen molar-refractivity contribution in [2.45, 2.75) is 20.4 Å². The molecular formula is C24H26N2O6. The average Bonchev–Trinajstić information content (AvgIpc) is 2.81. The highest BCUT2D eigenvalue weighted by molar-refractivity contribution is 6.01. The van der Waals surface area contributed by atoms with Crippen LogP contribution in [0.3, 0.4) is 0 Å². The number of nitriles is 1. The maximum Gasteiger partial charge on any atom is 0.344 e. The number of nitrogens with one attached hydrogen (secondary N) is 1. The fourth-order valence-electron chi connectivity index (χ4n) is 2.68. The van der Waals surface area contributed by atoms with Gasteiger partial charge in [-0.2, -0.15) is 5.26 Å². The van der Waals surface area contributed by atoms with Crippen molar-refractivity contribution >= 4 is 18.0 Å². The number of carbonyl (C=O) groups is 2. The highest BCUT2D eigenvalue weighted by Crippen LogP contribution is 2.29. The Morgan fingerprint density at radius 2 is 1.78 bits per heavy atom. The SMILES string of the molecule is CCOC(=O)COc1ccc(/C=C(/C#N)C(=O)NCc2ccc(OC)cc2)cc1OCC. The third-order valence-corrected chi connectivity index (χ3v) is 4.21. The van der Waals surface area contributed by atoms with Gasteiger partial charge in [0, 0.05) is 6.54 Å². The molecule has 0 fully saturated rings. The van der Waals surface area contributed by atoms with E-state index in [9.17, 15) is 14.9 Å². The number of hydrogen-bond acceptors (Lipinski definition) is 7. The molecule has 32 heavy (non-hydrogen) atoms. The Morgan fingerprint density at radius 3 is 2.41 bits per heavy atom. The highest BCUT2D eigenvalue weighted by Gasteiger charge is 2.12. The van der Waals surface area contributed by atoms with Crippen molar-refractivity contribution in [2.75, 3.05) is 26.9 Å². The van der Waals surface area contributed by atoms with E-state index >= 15 is 0 Å². The van der Waals surface area contributed by atoms with Crippen LogP contribution in [0, 0.1) is 11.3 Å². The molecule has 0 spiro atoms. The number of benzene rings is 2. The van der Waals surface area contributed by atoms with Crippen LogP contribution < -0.4 is 19.5 Å². The van der Waals surface area contributed by atoms with E-state index in [1.54, 1.807) is 44.4 Å². The zero-order chi connectivity index (χ0) is 23.3. The molecule has 8 heteroatoms. The van der Waals surface area contributed by atoms with E-state index in [-0.39, 0.29) is 25.3 Å². The average molecular weight is 438 g/mol. The van der Waals surface area contributed by atoms with Crippen LogP contribution in [0.25, 0.3) is 6.08 Å². The van der Waals surface area contributed by atoms with E-state index in [0.29, 0.717) is 23.7 Å². The van der Waals surface area contributed by atoms with Crippen LogP contribution in [0.5, 0.6) is 17.2 Å². The Kier molecular flexibility index (Phi) is 9.60. The molecule has 0 unspecified atom stereocenters. The molecule has 0 aliphatic rings. The molecule has 0 aromatic heterocycles. The summed E-state index contributed by atoms with van der Waals surface area (Å²) >= 11 is 0. The van der Waals surface area contributed by atoms with Gasteiger partial charge in [-0.25, -0.2) is 4.79 Å². The summed E-state index contributed by atoms with van der Waals surface area (Å²) in [5.41, 5.74) is 1.40. The van der Waals surface area contributed by atoms with Gasteiger partial charge < -0.3 is 24.3 Å². The fourth-order valence-corrected chi connectivity index (χ4v) is 2.68. The van der Waals surface area contributed by atoms with Gasteiger partial charge in [-0.05, 0) is 55.3 Å². The monoisotopic (exact) mass is 438 g/mol. The van der Waals surface area contributed by atoms with Crippen LogP contribution in [0.1, 0.15) is 25.0 Å². The number of rotatable bonds is 11. The normalized spacial score (nSPS) is 10.6. The van der Waals surface area contributed by atoms with E-state index in [4.69, 9.17) is 18.9 Å². The van der Waals surface area contributed by atoms with Gasteiger partial charge in [-0.1, -0.05) is 18.2 Å². The van der Waals surface area contributed by atoms with Crippen molar-refractivity contribution in [3.8, 4) is 23.3 Å². The summed E-state index contributed by atoms with van der Waals surface area (Å²) in [5.74, 6) is 0.488. The summed E-state index contributed by atoms with van der Waals surface area (Å²) in [6, 6.07) is 14.1. The van der Waals surface area contributed by atoms with E-state index < -0.39 is 11.9 Å². The molecule has 0 heterocycles. The summed E-state index contributed by atoms with van der Waals surface area (Å²) in [5, 5.41) is 12.2. The van der Waals surface area contributed by atoms with Crippen molar-refractivity contribution in [3.63, 3.8) is 0 Å². The molecular weight excluding hydrogens is 412 g/mol. The molecule has 0 aliphatic carbocycles. The summed E-state index contributed by atoms with van der Waals surface area (Å²) in [4.78, 5) is 24.0. The first-order valence-corrected chi connectivity index (χ1v) is 10.1. The maximum atomic E-state index is 12.5. The first-order valence-electron chi connectivity index (χ1n) is 10.1. The number of amides is 1. The lowest BCUT2D eigenvalue weighted by Gasteiger charge is -2.12. The van der Waals surface area contributed by atoms with Crippen molar-refractivity contribution in [1.82, 2.24) is 5.32 Å². The van der Waals surface area contributed by atoms with Crippen LogP contribution in [-0.2, 0) is 20.9 Å². The van der Waals surface area contributed by atoms with Gasteiger partial charge in [-0.15, -0.1) is 0 Å². The molecule has 0 atom stereocenters. The quantitative estimate of drug-likeness (QED) is 0.326. The zero-order valence-corrected chi connectivity index (χ0v) is 18.3. The molecule has 0 bridgehead atoms. The Balaban J connectivity index is 2.10. The Bertz CT molecular complexity index is 993. The standard InChI is InChI=1S/C24H26N2O6/c1-4-30-22-13-18(8-11-21(22)32-16-23(27)31-5-2)12-19(14-25)24(28)26-15-17-6-9-20(29-3)10-7-17/h6-13H,4-5,15-16H2,1-3H3,(H,26,28)/b19-12-. The minimum absolute atomic E-state index is 0.0545. The fraction of sp³-hybridized carbons (Fsp3) is 0.292. The summed E-state index contributed by atoms with van der Waals surface area (Å²) in [6.45, 7) is 4.18. The van der Waals surface area contributed by atoms with E-state index in [2.05, 4.69) is 5.32 Å². The van der Waals surface area contributed by atoms with Crippen molar-refractivity contribution in [2.24, 2.45) is 0 Å². The summed E-state index contributed by atoms with van der Waals surface area (Å²) in [6.07, 6.45) is 1.46. The van der Waals surface area contributed by atoms with Gasteiger partial charge in [0.15, 0.2) is 18.1 Å². The Morgan fingerprint density at radius 1 is 1.03 bits per heavy atom. The largest absolute Gasteiger partial charge is 0.497 e. The Labute approximate surface area is 187 Å². The van der Waals surface area contributed by atoms with Gasteiger partial charge in [0.1, 0.15) is 17.4 Å². The minimum atomic E-state index is -0.496. The van der Waals surface area contributed by atoms with Gasteiger partial charge in [-0.3, -0.25) is 4.79 Å². The van der Waals surface area contributed by atoms with Crippen molar-refractivity contribution < 1.29 is 28.5 Å². The molecule has 2 aromatic rings. The molecule has 1 amide bonds. The second-order valence-electron chi connectivity index (χ2n) is 6.43. The zero-order valence-electron chi connectivity index (χ0n) is 18.3. The van der Waals surface area contributed by atoms with Gasteiger partial charge >= 0.3 is 5.97 Å². The first-order chi connectivity index (χ1) is 15.5. The molecule has 0 aliphatic heterocycles. The van der Waals surface area contributed by atoms with Crippen LogP contribution in [0.4, 0.5) is 0 Å². The van der Waals surface area contributed by atoms with E-state index in [0.717, 1.165) is 11.3 Å². The molecule has 2 aromatic carbocycles. The van der Waals surface area contributed by atoms with Crippen molar-refractivity contribution in [1.29, 1.82) is 5.26 Å². The second kappa shape index (κ2) is 12.6. The predicted octanol–water partition coefficient (Wildman–Crippen LogP) is 3.26. The smallest absolute Gasteiger partial charge is 0.344 e. The molecule has 0 radical (unpaired) electrons. The highest BCUT2D eigenvalue weighted by atomic mass is 16.6. The number of ether oxygens (including phenoxy) is 4. The lowest BCUT2D eigenvalue weighted by atomic mass is 10.1. The lowest BCUT2D eigenvalue weighted by Crippen LogP contribution is -2.23. The third kappa shape index (κ3) is 7.36. The molecule has 2 rings (SSSR count). The summed E-state index contributed by atoms with van der Waals surface area (Å²) in [7, 11) is 1.58. The van der Waals surface area contributed by atoms with Gasteiger partial charge in [0.05, 0.1) is 20.3 Å². The lowest BCUT2D eigenvalue weighted by molar-refractivity contribution is -0.145. The third-order valence-electron chi connectivity index (χ3n) is 4.21. The number of carbonyl (C=O) groups excluding carboxylic acids is 2. The molecule has 0 saturated carbocycles. The number of nitrogens with zero attached hydrogens (tertiary/aromatic N) is 1. The molecule has 1 N–H and O–H groups in total. The van der Waals surface area contributed by atoms with Crippen LogP contribution in [-0.4, -0.2) is 38.8 Å². The van der Waals surface area contributed by atoms with Gasteiger partial charge in [0.25, 0.3) is 5.91 Å². The topological polar surface area (TPSA) is 107 Å². The molecule has 0 saturated heterocycles. The van der Waals surface area contributed by atoms with Gasteiger partial charge in [0.2, 0.25) is 0 Å². The van der Waals surface area contributed by atoms with Crippen molar-refractivity contribution in [3.05, 3.63) is 59.2 Å². The number of esters is 1. The molecule has 8 nitrogen and oxygen atoms in total. The van der Waals surface area contributed by atoms with E-state index in [1.807, 2.05) is 25.1 Å². The predicted molar refractivity (Wildman–Crippen MR) is 118 cm³/mol. The van der Waals surface area contributed by atoms with Crippen LogP contribution >= 0.6 is 0 Å². The second-order valence-corrected chi connectivity index (χ2v) is 6.43. The summed E-state index contributed by atoms with van der Waals surface area (Å²) < 4.78 is 21.0. The Hall–Kier alpha value is -3.99. The first kappa shape index (κ1) is 24.3. The number of hydrogen-bond donors (Lipinski definition) is 1. The maximum absolute atomic E-state index is 12.5. The van der Waals surface area contributed by atoms with Crippen LogP contribution in [0.15, 0.2) is 48.0 Å². The number of methoxy groups -OCH3 is 1. The minimum Gasteiger partial charge on any atom is -0.497 e. The van der Waals surface area contributed by atoms with Crippen LogP contribution in [0.2, 0.25) is 0 Å². The molecule has 168 valence electrons.